The van der Waals surface area contributed by atoms with E-state index in [0.717, 1.165) is 17.7 Å². The van der Waals surface area contributed by atoms with Gasteiger partial charge >= 0.3 is 5.97 Å². The molecule has 3 rings (SSSR count). The van der Waals surface area contributed by atoms with Gasteiger partial charge in [-0.05, 0) is 53.0 Å². The summed E-state index contributed by atoms with van der Waals surface area (Å²) in [6, 6.07) is 14.9. The lowest BCUT2D eigenvalue weighted by Crippen LogP contribution is -2.38. The van der Waals surface area contributed by atoms with Crippen molar-refractivity contribution in [3.8, 4) is 0 Å². The van der Waals surface area contributed by atoms with Crippen molar-refractivity contribution in [3.63, 3.8) is 0 Å². The van der Waals surface area contributed by atoms with E-state index in [4.69, 9.17) is 4.74 Å². The standard InChI is InChI=1S/C18H16BrNO3/c1-12-10-13-6-2-5-9-16(13)20(12)17(21)11-23-18(22)14-7-3-4-8-15(14)19/h2-9,12H,10-11H2,1H3. The molecule has 2 aromatic rings. The Morgan fingerprint density at radius 2 is 1.87 bits per heavy atom. The molecule has 4 nitrogen and oxygen atoms in total. The van der Waals surface area contributed by atoms with Crippen LogP contribution >= 0.6 is 15.9 Å². The number of hydrogen-bond donors (Lipinski definition) is 0. The number of ether oxygens (including phenoxy) is 1. The highest BCUT2D eigenvalue weighted by Gasteiger charge is 2.31. The van der Waals surface area contributed by atoms with E-state index in [2.05, 4.69) is 15.9 Å². The Morgan fingerprint density at radius 1 is 1.17 bits per heavy atom. The summed E-state index contributed by atoms with van der Waals surface area (Å²) in [5, 5.41) is 0. The Balaban J connectivity index is 1.69. The number of halogens is 1. The van der Waals surface area contributed by atoms with Crippen molar-refractivity contribution in [3.05, 3.63) is 64.1 Å². The van der Waals surface area contributed by atoms with Gasteiger partial charge in [-0.15, -0.1) is 0 Å². The summed E-state index contributed by atoms with van der Waals surface area (Å²) in [6.07, 6.45) is 0.820. The van der Waals surface area contributed by atoms with Gasteiger partial charge in [0.25, 0.3) is 5.91 Å². The normalized spacial score (nSPS) is 16.1. The molecule has 0 fully saturated rings. The number of fused-ring (bicyclic) bond motifs is 1. The first-order valence-corrected chi connectivity index (χ1v) is 8.19. The molecule has 0 saturated heterocycles. The second-order valence-electron chi connectivity index (χ2n) is 5.50. The van der Waals surface area contributed by atoms with Crippen molar-refractivity contribution in [1.82, 2.24) is 0 Å². The monoisotopic (exact) mass is 373 g/mol. The first-order chi connectivity index (χ1) is 11.1. The molecule has 0 bridgehead atoms. The number of esters is 1. The number of anilines is 1. The van der Waals surface area contributed by atoms with Crippen LogP contribution in [-0.2, 0) is 16.0 Å². The number of nitrogens with zero attached hydrogens (tertiary/aromatic N) is 1. The average molecular weight is 374 g/mol. The highest BCUT2D eigenvalue weighted by atomic mass is 79.9. The maximum atomic E-state index is 12.5. The van der Waals surface area contributed by atoms with Crippen LogP contribution in [0.3, 0.4) is 0 Å². The molecule has 118 valence electrons. The maximum absolute atomic E-state index is 12.5. The Hall–Kier alpha value is -2.14. The Labute approximate surface area is 143 Å². The molecule has 0 aliphatic carbocycles. The molecular formula is C18H16BrNO3. The predicted octanol–water partition coefficient (Wildman–Crippen LogP) is 3.58. The smallest absolute Gasteiger partial charge is 0.339 e. The Kier molecular flexibility index (Phi) is 4.48. The van der Waals surface area contributed by atoms with Crippen LogP contribution < -0.4 is 4.90 Å². The third-order valence-electron chi connectivity index (χ3n) is 3.90. The maximum Gasteiger partial charge on any atom is 0.339 e. The van der Waals surface area contributed by atoms with E-state index in [1.807, 2.05) is 37.3 Å². The summed E-state index contributed by atoms with van der Waals surface area (Å²) in [7, 11) is 0. The summed E-state index contributed by atoms with van der Waals surface area (Å²) in [4.78, 5) is 26.3. The summed E-state index contributed by atoms with van der Waals surface area (Å²) >= 11 is 3.30. The van der Waals surface area contributed by atoms with Crippen molar-refractivity contribution < 1.29 is 14.3 Å². The van der Waals surface area contributed by atoms with Crippen LogP contribution in [0.15, 0.2) is 53.0 Å². The lowest BCUT2D eigenvalue weighted by molar-refractivity contribution is -0.122. The van der Waals surface area contributed by atoms with Gasteiger partial charge in [-0.3, -0.25) is 4.79 Å². The highest BCUT2D eigenvalue weighted by Crippen LogP contribution is 2.31. The Morgan fingerprint density at radius 3 is 2.65 bits per heavy atom. The van der Waals surface area contributed by atoms with Gasteiger partial charge in [-0.1, -0.05) is 30.3 Å². The molecular weight excluding hydrogens is 358 g/mol. The van der Waals surface area contributed by atoms with Crippen molar-refractivity contribution in [2.24, 2.45) is 0 Å². The van der Waals surface area contributed by atoms with Crippen LogP contribution in [0.2, 0.25) is 0 Å². The number of carbonyl (C=O) groups is 2. The van der Waals surface area contributed by atoms with Crippen molar-refractivity contribution >= 4 is 33.5 Å². The summed E-state index contributed by atoms with van der Waals surface area (Å²) in [5.74, 6) is -0.714. The summed E-state index contributed by atoms with van der Waals surface area (Å²) in [5.41, 5.74) is 2.46. The first-order valence-electron chi connectivity index (χ1n) is 7.39. The van der Waals surface area contributed by atoms with Gasteiger partial charge in [0, 0.05) is 16.2 Å². The third-order valence-corrected chi connectivity index (χ3v) is 4.59. The lowest BCUT2D eigenvalue weighted by atomic mass is 10.1. The molecule has 2 aromatic carbocycles. The van der Waals surface area contributed by atoms with Crippen LogP contribution in [0.25, 0.3) is 0 Å². The van der Waals surface area contributed by atoms with Gasteiger partial charge in [-0.25, -0.2) is 4.79 Å². The summed E-state index contributed by atoms with van der Waals surface area (Å²) < 4.78 is 5.84. The zero-order valence-electron chi connectivity index (χ0n) is 12.7. The molecule has 0 radical (unpaired) electrons. The number of benzene rings is 2. The largest absolute Gasteiger partial charge is 0.452 e. The van der Waals surface area contributed by atoms with E-state index in [1.54, 1.807) is 23.1 Å². The van der Waals surface area contributed by atoms with E-state index in [1.165, 1.54) is 0 Å². The number of para-hydroxylation sites is 1. The minimum atomic E-state index is -0.508. The van der Waals surface area contributed by atoms with Gasteiger partial charge in [0.15, 0.2) is 6.61 Å². The third kappa shape index (κ3) is 3.15. The number of hydrogen-bond acceptors (Lipinski definition) is 3. The minimum Gasteiger partial charge on any atom is -0.452 e. The molecule has 1 amide bonds. The second-order valence-corrected chi connectivity index (χ2v) is 6.36. The lowest BCUT2D eigenvalue weighted by Gasteiger charge is -2.22. The topological polar surface area (TPSA) is 46.6 Å². The molecule has 0 spiro atoms. The average Bonchev–Trinajstić information content (AvgIpc) is 2.88. The number of carbonyl (C=O) groups excluding carboxylic acids is 2. The fourth-order valence-corrected chi connectivity index (χ4v) is 3.29. The molecule has 23 heavy (non-hydrogen) atoms. The van der Waals surface area contributed by atoms with E-state index in [0.29, 0.717) is 10.0 Å². The zero-order chi connectivity index (χ0) is 16.4. The van der Waals surface area contributed by atoms with Crippen LogP contribution in [-0.4, -0.2) is 24.5 Å². The fraction of sp³-hybridized carbons (Fsp3) is 0.222. The Bertz CT molecular complexity index is 759. The van der Waals surface area contributed by atoms with Crippen LogP contribution in [0.5, 0.6) is 0 Å². The molecule has 0 N–H and O–H groups in total. The molecule has 1 heterocycles. The van der Waals surface area contributed by atoms with Crippen LogP contribution in [0.4, 0.5) is 5.69 Å². The molecule has 0 saturated carbocycles. The van der Waals surface area contributed by atoms with E-state index in [9.17, 15) is 9.59 Å². The van der Waals surface area contributed by atoms with E-state index in [-0.39, 0.29) is 18.6 Å². The van der Waals surface area contributed by atoms with Crippen LogP contribution in [0.1, 0.15) is 22.8 Å². The van der Waals surface area contributed by atoms with Gasteiger partial charge in [0.1, 0.15) is 0 Å². The van der Waals surface area contributed by atoms with E-state index < -0.39 is 5.97 Å². The fourth-order valence-electron chi connectivity index (χ4n) is 2.85. The molecule has 1 aliphatic rings. The van der Waals surface area contributed by atoms with Crippen molar-refractivity contribution in [2.45, 2.75) is 19.4 Å². The van der Waals surface area contributed by atoms with E-state index >= 15 is 0 Å². The molecule has 1 aliphatic heterocycles. The molecule has 0 aromatic heterocycles. The molecule has 1 unspecified atom stereocenters. The number of rotatable bonds is 3. The first kappa shape index (κ1) is 15.7. The molecule has 1 atom stereocenters. The summed E-state index contributed by atoms with van der Waals surface area (Å²) in [6.45, 7) is 1.73. The minimum absolute atomic E-state index is 0.0714. The SMILES string of the molecule is CC1Cc2ccccc2N1C(=O)COC(=O)c1ccccc1Br. The van der Waals surface area contributed by atoms with Gasteiger partial charge in [0.05, 0.1) is 5.56 Å². The number of amides is 1. The quantitative estimate of drug-likeness (QED) is 0.772. The van der Waals surface area contributed by atoms with Crippen molar-refractivity contribution in [1.29, 1.82) is 0 Å². The van der Waals surface area contributed by atoms with Gasteiger partial charge in [-0.2, -0.15) is 0 Å². The van der Waals surface area contributed by atoms with Gasteiger partial charge < -0.3 is 9.64 Å². The van der Waals surface area contributed by atoms with Crippen molar-refractivity contribution in [2.75, 3.05) is 11.5 Å². The van der Waals surface area contributed by atoms with Gasteiger partial charge in [0.2, 0.25) is 0 Å². The molecule has 5 heteroatoms. The van der Waals surface area contributed by atoms with Crippen LogP contribution in [0, 0.1) is 0 Å². The second kappa shape index (κ2) is 6.54. The highest BCUT2D eigenvalue weighted by molar-refractivity contribution is 9.10. The zero-order valence-corrected chi connectivity index (χ0v) is 14.2. The predicted molar refractivity (Wildman–Crippen MR) is 91.5 cm³/mol.